The highest BCUT2D eigenvalue weighted by Crippen LogP contribution is 1.91. The van der Waals surface area contributed by atoms with E-state index in [4.69, 9.17) is 0 Å². The van der Waals surface area contributed by atoms with Crippen LogP contribution in [0.4, 0.5) is 0 Å². The number of imidazole rings is 1. The van der Waals surface area contributed by atoms with Crippen molar-refractivity contribution in [1.82, 2.24) is 9.97 Å². The van der Waals surface area contributed by atoms with Gasteiger partial charge in [0.25, 0.3) is 0 Å². The van der Waals surface area contributed by atoms with Gasteiger partial charge in [-0.2, -0.15) is 0 Å². The second kappa shape index (κ2) is 12.4. The number of nitrogens with zero attached hydrogens (tertiary/aromatic N) is 2. The van der Waals surface area contributed by atoms with E-state index < -0.39 is 0 Å². The van der Waals surface area contributed by atoms with Gasteiger partial charge in [-0.15, -0.1) is 12.4 Å². The highest BCUT2D eigenvalue weighted by atomic mass is 35.5. The van der Waals surface area contributed by atoms with Crippen molar-refractivity contribution in [3.63, 3.8) is 0 Å². The average Bonchev–Trinajstić information content (AvgIpc) is 2.85. The smallest absolute Gasteiger partial charge is 0.171 e. The van der Waals surface area contributed by atoms with Gasteiger partial charge in [-0.05, 0) is 13.0 Å². The number of halogens is 2. The zero-order valence-corrected chi connectivity index (χ0v) is 12.4. The van der Waals surface area contributed by atoms with E-state index in [1.807, 2.05) is 0 Å². The molecule has 0 aliphatic rings. The fourth-order valence-electron chi connectivity index (χ4n) is 1.35. The van der Waals surface area contributed by atoms with Crippen LogP contribution >= 0.6 is 12.4 Å². The zero-order valence-electron chi connectivity index (χ0n) is 10.8. The molecule has 0 amide bonds. The van der Waals surface area contributed by atoms with E-state index in [-0.39, 0.29) is 24.8 Å². The van der Waals surface area contributed by atoms with Crippen molar-refractivity contribution >= 4 is 12.4 Å². The van der Waals surface area contributed by atoms with E-state index in [2.05, 4.69) is 52.9 Å². The number of nitrogens with one attached hydrogen (secondary N) is 1. The van der Waals surface area contributed by atoms with Crippen LogP contribution in [0.1, 0.15) is 25.3 Å². The molecule has 0 unspecified atom stereocenters. The van der Waals surface area contributed by atoms with Crippen LogP contribution in [0.3, 0.4) is 0 Å². The lowest BCUT2D eigenvalue weighted by molar-refractivity contribution is -0.697. The summed E-state index contributed by atoms with van der Waals surface area (Å²) < 4.78 is 2.25. The molecule has 2 aromatic heterocycles. The molecular formula is C13H21Cl2N3. The lowest BCUT2D eigenvalue weighted by Crippen LogP contribution is -3.00. The van der Waals surface area contributed by atoms with Crippen molar-refractivity contribution < 1.29 is 17.0 Å². The van der Waals surface area contributed by atoms with E-state index in [0.717, 1.165) is 6.54 Å². The largest absolute Gasteiger partial charge is 1.00 e. The first-order chi connectivity index (χ1) is 7.83. The molecule has 1 N–H and O–H groups in total. The van der Waals surface area contributed by atoms with Gasteiger partial charge in [0.1, 0.15) is 6.54 Å². The Balaban J connectivity index is 0. The van der Waals surface area contributed by atoms with Gasteiger partial charge in [0.2, 0.25) is 0 Å². The molecule has 0 saturated carbocycles. The van der Waals surface area contributed by atoms with Crippen molar-refractivity contribution in [1.29, 1.82) is 0 Å². The number of hydrogen-bond acceptors (Lipinski definition) is 1. The van der Waals surface area contributed by atoms with Gasteiger partial charge < -0.3 is 17.4 Å². The van der Waals surface area contributed by atoms with Crippen molar-refractivity contribution in [3.8, 4) is 0 Å². The monoisotopic (exact) mass is 289 g/mol. The van der Waals surface area contributed by atoms with Gasteiger partial charge in [0, 0.05) is 30.4 Å². The molecule has 0 aromatic carbocycles. The van der Waals surface area contributed by atoms with Gasteiger partial charge >= 0.3 is 0 Å². The number of unbranched alkanes of at least 4 members (excludes halogenated alkanes) is 1. The molecule has 3 nitrogen and oxygen atoms in total. The number of aromatic amines is 1. The highest BCUT2D eigenvalue weighted by molar-refractivity contribution is 5.85. The molecule has 0 radical (unpaired) electrons. The topological polar surface area (TPSA) is 32.6 Å². The van der Waals surface area contributed by atoms with E-state index in [9.17, 15) is 0 Å². The molecule has 0 bridgehead atoms. The molecular weight excluding hydrogens is 269 g/mol. The summed E-state index contributed by atoms with van der Waals surface area (Å²) in [4.78, 5) is 6.42. The summed E-state index contributed by atoms with van der Waals surface area (Å²) in [6.45, 7) is 5.50. The predicted octanol–water partition coefficient (Wildman–Crippen LogP) is -0.0819. The fourth-order valence-corrected chi connectivity index (χ4v) is 1.35. The summed E-state index contributed by atoms with van der Waals surface area (Å²) in [6, 6.07) is 4.23. The molecule has 0 atom stereocenters. The number of aromatic nitrogens is 3. The van der Waals surface area contributed by atoms with Crippen LogP contribution in [-0.4, -0.2) is 9.97 Å². The molecule has 0 saturated heterocycles. The third-order valence-electron chi connectivity index (χ3n) is 2.18. The van der Waals surface area contributed by atoms with Crippen LogP contribution in [0.2, 0.25) is 0 Å². The van der Waals surface area contributed by atoms with Gasteiger partial charge in [0.05, 0.1) is 6.33 Å². The van der Waals surface area contributed by atoms with Crippen LogP contribution in [0, 0.1) is 6.92 Å². The molecule has 5 heteroatoms. The zero-order chi connectivity index (χ0) is 11.6. The number of aryl methyl sites for hydroxylation is 2. The van der Waals surface area contributed by atoms with E-state index in [0.29, 0.717) is 0 Å². The quantitative estimate of drug-likeness (QED) is 0.788. The molecule has 0 fully saturated rings. The Labute approximate surface area is 121 Å². The second-order valence-electron chi connectivity index (χ2n) is 3.73. The minimum absolute atomic E-state index is 0. The lowest BCUT2D eigenvalue weighted by atomic mass is 10.3. The Hall–Kier alpha value is -1.06. The van der Waals surface area contributed by atoms with Crippen molar-refractivity contribution in [2.45, 2.75) is 33.2 Å². The van der Waals surface area contributed by atoms with E-state index in [1.54, 1.807) is 18.7 Å². The molecule has 2 aromatic rings. The van der Waals surface area contributed by atoms with Crippen molar-refractivity contribution in [3.05, 3.63) is 48.8 Å². The maximum atomic E-state index is 3.67. The van der Waals surface area contributed by atoms with Crippen molar-refractivity contribution in [2.75, 3.05) is 0 Å². The summed E-state index contributed by atoms with van der Waals surface area (Å²) >= 11 is 0. The first-order valence-electron chi connectivity index (χ1n) is 5.71. The molecule has 0 aliphatic heterocycles. The Morgan fingerprint density at radius 3 is 2.61 bits per heavy atom. The SMILES string of the molecule is CCCC[n+]1cccc(C)c1.Cl.[Cl-].c1c[nH]cn1. The third kappa shape index (κ3) is 9.02. The van der Waals surface area contributed by atoms with E-state index in [1.165, 1.54) is 18.4 Å². The number of rotatable bonds is 3. The van der Waals surface area contributed by atoms with Crippen LogP contribution < -0.4 is 17.0 Å². The first kappa shape index (κ1) is 19.3. The third-order valence-corrected chi connectivity index (χ3v) is 2.18. The predicted molar refractivity (Wildman–Crippen MR) is 72.1 cm³/mol. The number of pyridine rings is 1. The van der Waals surface area contributed by atoms with Gasteiger partial charge in [-0.25, -0.2) is 9.55 Å². The lowest BCUT2D eigenvalue weighted by Gasteiger charge is -1.94. The molecule has 0 aliphatic carbocycles. The van der Waals surface area contributed by atoms with Crippen LogP contribution in [0.15, 0.2) is 43.2 Å². The van der Waals surface area contributed by atoms with E-state index >= 15 is 0 Å². The summed E-state index contributed by atoms with van der Waals surface area (Å²) in [5.74, 6) is 0. The molecule has 18 heavy (non-hydrogen) atoms. The fraction of sp³-hybridized carbons (Fsp3) is 0.385. The molecule has 2 rings (SSSR count). The van der Waals surface area contributed by atoms with Crippen LogP contribution in [0.25, 0.3) is 0 Å². The Kier molecular flexibility index (Phi) is 13.3. The standard InChI is InChI=1S/C10H16N.C3H4N2.2ClH/c1-3-4-7-11-8-5-6-10(2)9-11;1-2-5-3-4-1;;/h5-6,8-9H,3-4,7H2,1-2H3;1-3H,(H,4,5);2*1H/q+1;;;/p-1. The second-order valence-corrected chi connectivity index (χ2v) is 3.73. The summed E-state index contributed by atoms with van der Waals surface area (Å²) in [6.07, 6.45) is 11.9. The minimum atomic E-state index is 0. The first-order valence-corrected chi connectivity index (χ1v) is 5.71. The Bertz CT molecular complexity index is 360. The average molecular weight is 290 g/mol. The van der Waals surface area contributed by atoms with Gasteiger partial charge in [-0.3, -0.25) is 0 Å². The maximum absolute atomic E-state index is 3.67. The van der Waals surface area contributed by atoms with Gasteiger partial charge in [0.15, 0.2) is 12.4 Å². The molecule has 0 spiro atoms. The Morgan fingerprint density at radius 1 is 1.39 bits per heavy atom. The maximum Gasteiger partial charge on any atom is 0.171 e. The number of hydrogen-bond donors (Lipinski definition) is 1. The molecule has 102 valence electrons. The summed E-state index contributed by atoms with van der Waals surface area (Å²) in [7, 11) is 0. The van der Waals surface area contributed by atoms with Crippen LogP contribution in [-0.2, 0) is 6.54 Å². The minimum Gasteiger partial charge on any atom is -1.00 e. The summed E-state index contributed by atoms with van der Waals surface area (Å²) in [5, 5.41) is 0. The Morgan fingerprint density at radius 2 is 2.17 bits per heavy atom. The van der Waals surface area contributed by atoms with Crippen LogP contribution in [0.5, 0.6) is 0 Å². The summed E-state index contributed by atoms with van der Waals surface area (Å²) in [5.41, 5.74) is 1.34. The normalized spacial score (nSPS) is 8.33. The molecule has 2 heterocycles. The van der Waals surface area contributed by atoms with Gasteiger partial charge in [-0.1, -0.05) is 13.3 Å². The highest BCUT2D eigenvalue weighted by Gasteiger charge is 1.97. The number of H-pyrrole nitrogens is 1. The van der Waals surface area contributed by atoms with Crippen molar-refractivity contribution in [2.24, 2.45) is 0 Å².